The molecule has 0 amide bonds. The molecule has 1 saturated heterocycles. The summed E-state index contributed by atoms with van der Waals surface area (Å²) in [6.45, 7) is 9.63. The summed E-state index contributed by atoms with van der Waals surface area (Å²) in [5.41, 5.74) is 0.502. The number of hydrogen-bond acceptors (Lipinski definition) is 2. The van der Waals surface area contributed by atoms with Gasteiger partial charge in [-0.1, -0.05) is 13.8 Å². The summed E-state index contributed by atoms with van der Waals surface area (Å²) in [4.78, 5) is 0. The molecular weight excluding hydrogens is 184 g/mol. The lowest BCUT2D eigenvalue weighted by molar-refractivity contribution is 0.222. The second-order valence-electron chi connectivity index (χ2n) is 6.04. The quantitative estimate of drug-likeness (QED) is 0.725. The van der Waals surface area contributed by atoms with Crippen LogP contribution in [0.3, 0.4) is 0 Å². The minimum absolute atomic E-state index is 0.502. The van der Waals surface area contributed by atoms with Gasteiger partial charge in [-0.2, -0.15) is 0 Å². The third kappa shape index (κ3) is 3.46. The summed E-state index contributed by atoms with van der Waals surface area (Å²) in [5.74, 6) is 1.93. The highest BCUT2D eigenvalue weighted by atomic mass is 14.9. The first-order chi connectivity index (χ1) is 7.20. The first kappa shape index (κ1) is 11.4. The first-order valence-corrected chi connectivity index (χ1v) is 6.61. The van der Waals surface area contributed by atoms with Crippen LogP contribution in [-0.4, -0.2) is 26.2 Å². The van der Waals surface area contributed by atoms with Gasteiger partial charge in [0.1, 0.15) is 0 Å². The molecule has 2 unspecified atom stereocenters. The summed E-state index contributed by atoms with van der Waals surface area (Å²) in [5, 5.41) is 7.19. The highest BCUT2D eigenvalue weighted by molar-refractivity contribution is 4.85. The topological polar surface area (TPSA) is 24.1 Å². The molecular formula is C13H26N2. The Kier molecular flexibility index (Phi) is 3.68. The third-order valence-corrected chi connectivity index (χ3v) is 4.13. The van der Waals surface area contributed by atoms with Crippen LogP contribution in [0.15, 0.2) is 0 Å². The molecule has 88 valence electrons. The molecule has 1 aliphatic heterocycles. The Morgan fingerprint density at radius 1 is 1.47 bits per heavy atom. The molecule has 2 rings (SSSR count). The predicted molar refractivity (Wildman–Crippen MR) is 65.0 cm³/mol. The molecule has 2 fully saturated rings. The van der Waals surface area contributed by atoms with Crippen LogP contribution in [-0.2, 0) is 0 Å². The second-order valence-corrected chi connectivity index (χ2v) is 6.04. The van der Waals surface area contributed by atoms with Gasteiger partial charge >= 0.3 is 0 Å². The molecule has 2 heteroatoms. The smallest absolute Gasteiger partial charge is 0.00174 e. The van der Waals surface area contributed by atoms with Gasteiger partial charge in [-0.15, -0.1) is 0 Å². The number of nitrogens with one attached hydrogen (secondary N) is 2. The van der Waals surface area contributed by atoms with Crippen molar-refractivity contribution in [2.24, 2.45) is 17.3 Å². The molecule has 2 N–H and O–H groups in total. The van der Waals surface area contributed by atoms with Crippen LogP contribution in [0.4, 0.5) is 0 Å². The van der Waals surface area contributed by atoms with E-state index < -0.39 is 0 Å². The SMILES string of the molecule is CC(CNCC1(C)CCCNC1)C1CC1. The normalized spacial score (nSPS) is 34.0. The fraction of sp³-hybridized carbons (Fsp3) is 1.00. The molecule has 0 aromatic rings. The Morgan fingerprint density at radius 2 is 2.27 bits per heavy atom. The van der Waals surface area contributed by atoms with Crippen LogP contribution in [0, 0.1) is 17.3 Å². The van der Waals surface area contributed by atoms with Crippen molar-refractivity contribution in [1.29, 1.82) is 0 Å². The van der Waals surface area contributed by atoms with E-state index in [1.807, 2.05) is 0 Å². The van der Waals surface area contributed by atoms with E-state index in [1.54, 1.807) is 0 Å². The van der Waals surface area contributed by atoms with E-state index in [4.69, 9.17) is 0 Å². The number of rotatable bonds is 5. The van der Waals surface area contributed by atoms with Crippen LogP contribution < -0.4 is 10.6 Å². The van der Waals surface area contributed by atoms with Crippen LogP contribution in [0.25, 0.3) is 0 Å². The lowest BCUT2D eigenvalue weighted by Crippen LogP contribution is -2.45. The van der Waals surface area contributed by atoms with Gasteiger partial charge in [-0.05, 0) is 56.0 Å². The molecule has 1 aliphatic carbocycles. The van der Waals surface area contributed by atoms with Gasteiger partial charge in [0, 0.05) is 13.1 Å². The summed E-state index contributed by atoms with van der Waals surface area (Å²) in [7, 11) is 0. The fourth-order valence-electron chi connectivity index (χ4n) is 2.70. The molecule has 2 aliphatic rings. The van der Waals surface area contributed by atoms with Crippen LogP contribution in [0.1, 0.15) is 39.5 Å². The van der Waals surface area contributed by atoms with Crippen molar-refractivity contribution >= 4 is 0 Å². The zero-order valence-corrected chi connectivity index (χ0v) is 10.3. The van der Waals surface area contributed by atoms with E-state index in [1.165, 1.54) is 51.9 Å². The lowest BCUT2D eigenvalue weighted by atomic mass is 9.82. The Hall–Kier alpha value is -0.0800. The molecule has 2 nitrogen and oxygen atoms in total. The molecule has 0 bridgehead atoms. The maximum Gasteiger partial charge on any atom is 0.00174 e. The monoisotopic (exact) mass is 210 g/mol. The Bertz CT molecular complexity index is 193. The van der Waals surface area contributed by atoms with Crippen LogP contribution in [0.5, 0.6) is 0 Å². The third-order valence-electron chi connectivity index (χ3n) is 4.13. The molecule has 15 heavy (non-hydrogen) atoms. The number of hydrogen-bond donors (Lipinski definition) is 2. The van der Waals surface area contributed by atoms with Gasteiger partial charge in [0.05, 0.1) is 0 Å². The minimum Gasteiger partial charge on any atom is -0.316 e. The summed E-state index contributed by atoms with van der Waals surface area (Å²) >= 11 is 0. The van der Waals surface area contributed by atoms with E-state index in [9.17, 15) is 0 Å². The summed E-state index contributed by atoms with van der Waals surface area (Å²) < 4.78 is 0. The zero-order valence-electron chi connectivity index (χ0n) is 10.3. The van der Waals surface area contributed by atoms with Crippen molar-refractivity contribution < 1.29 is 0 Å². The molecule has 1 heterocycles. The average molecular weight is 210 g/mol. The fourth-order valence-corrected chi connectivity index (χ4v) is 2.70. The largest absolute Gasteiger partial charge is 0.316 e. The average Bonchev–Trinajstić information content (AvgIpc) is 3.01. The van der Waals surface area contributed by atoms with Crippen molar-refractivity contribution in [3.8, 4) is 0 Å². The van der Waals surface area contributed by atoms with Gasteiger partial charge in [-0.3, -0.25) is 0 Å². The van der Waals surface area contributed by atoms with Gasteiger partial charge in [0.15, 0.2) is 0 Å². The van der Waals surface area contributed by atoms with Crippen molar-refractivity contribution in [2.45, 2.75) is 39.5 Å². The van der Waals surface area contributed by atoms with Crippen molar-refractivity contribution in [3.05, 3.63) is 0 Å². The maximum atomic E-state index is 3.68. The van der Waals surface area contributed by atoms with Crippen molar-refractivity contribution in [1.82, 2.24) is 10.6 Å². The van der Waals surface area contributed by atoms with Crippen LogP contribution >= 0.6 is 0 Å². The van der Waals surface area contributed by atoms with Gasteiger partial charge in [0.25, 0.3) is 0 Å². The predicted octanol–water partition coefficient (Wildman–Crippen LogP) is 2.01. The highest BCUT2D eigenvalue weighted by Crippen LogP contribution is 2.36. The van der Waals surface area contributed by atoms with Gasteiger partial charge in [0.2, 0.25) is 0 Å². The van der Waals surface area contributed by atoms with E-state index in [2.05, 4.69) is 24.5 Å². The van der Waals surface area contributed by atoms with E-state index in [-0.39, 0.29) is 0 Å². The standard InChI is InChI=1S/C13H26N2/c1-11(12-4-5-12)8-15-10-13(2)6-3-7-14-9-13/h11-12,14-15H,3-10H2,1-2H3. The minimum atomic E-state index is 0.502. The Balaban J connectivity index is 1.63. The highest BCUT2D eigenvalue weighted by Gasteiger charge is 2.29. The van der Waals surface area contributed by atoms with Gasteiger partial charge in [-0.25, -0.2) is 0 Å². The maximum absolute atomic E-state index is 3.68. The Morgan fingerprint density at radius 3 is 2.87 bits per heavy atom. The molecule has 0 spiro atoms. The summed E-state index contributed by atoms with van der Waals surface area (Å²) in [6.07, 6.45) is 5.67. The molecule has 1 saturated carbocycles. The summed E-state index contributed by atoms with van der Waals surface area (Å²) in [6, 6.07) is 0. The second kappa shape index (κ2) is 4.84. The van der Waals surface area contributed by atoms with E-state index >= 15 is 0 Å². The lowest BCUT2D eigenvalue weighted by Gasteiger charge is -2.34. The molecule has 0 aromatic carbocycles. The molecule has 0 aromatic heterocycles. The first-order valence-electron chi connectivity index (χ1n) is 6.61. The Labute approximate surface area is 94.2 Å². The molecule has 0 radical (unpaired) electrons. The zero-order chi connectivity index (χ0) is 10.7. The number of piperidine rings is 1. The van der Waals surface area contributed by atoms with Crippen LogP contribution in [0.2, 0.25) is 0 Å². The van der Waals surface area contributed by atoms with E-state index in [0.29, 0.717) is 5.41 Å². The van der Waals surface area contributed by atoms with E-state index in [0.717, 1.165) is 11.8 Å². The van der Waals surface area contributed by atoms with Crippen molar-refractivity contribution in [3.63, 3.8) is 0 Å². The van der Waals surface area contributed by atoms with Crippen molar-refractivity contribution in [2.75, 3.05) is 26.2 Å². The van der Waals surface area contributed by atoms with Gasteiger partial charge < -0.3 is 10.6 Å². The molecule has 2 atom stereocenters.